The quantitative estimate of drug-likeness (QED) is 0.599. The van der Waals surface area contributed by atoms with Crippen LogP contribution in [0.1, 0.15) is 46.6 Å². The Hall–Kier alpha value is -2.60. The molecule has 4 rings (SSSR count). The maximum absolute atomic E-state index is 13.3. The minimum absolute atomic E-state index is 0.0517. The number of aryl methyl sites for hydroxylation is 3. The van der Waals surface area contributed by atoms with Gasteiger partial charge in [-0.3, -0.25) is 4.79 Å². The van der Waals surface area contributed by atoms with E-state index in [2.05, 4.69) is 26.1 Å². The van der Waals surface area contributed by atoms with E-state index in [1.54, 1.807) is 0 Å². The summed E-state index contributed by atoms with van der Waals surface area (Å²) < 4.78 is 2.17. The molecule has 1 atom stereocenters. The third-order valence-electron chi connectivity index (χ3n) is 4.80. The van der Waals surface area contributed by atoms with Crippen molar-refractivity contribution in [2.24, 2.45) is 0 Å². The van der Waals surface area contributed by atoms with Crippen LogP contribution in [0.2, 0.25) is 0 Å². The average molecular weight is 393 g/mol. The third kappa shape index (κ3) is 4.12. The minimum atomic E-state index is -0.400. The molecule has 3 aromatic rings. The number of carbonyl (C=O) groups is 1. The molecule has 1 fully saturated rings. The van der Waals surface area contributed by atoms with Crippen LogP contribution < -0.4 is 5.32 Å². The number of aromatic nitrogens is 3. The summed E-state index contributed by atoms with van der Waals surface area (Å²) in [5, 5.41) is 12.1. The van der Waals surface area contributed by atoms with E-state index in [1.807, 2.05) is 63.2 Å². The normalized spacial score (nSPS) is 14.7. The van der Waals surface area contributed by atoms with Gasteiger partial charge in [-0.25, -0.2) is 0 Å². The lowest BCUT2D eigenvalue weighted by molar-refractivity contribution is -0.115. The fourth-order valence-electron chi connectivity index (χ4n) is 3.44. The van der Waals surface area contributed by atoms with Crippen LogP contribution in [0.3, 0.4) is 0 Å². The molecule has 1 saturated carbocycles. The molecule has 0 bridgehead atoms. The Bertz CT molecular complexity index is 975. The Morgan fingerprint density at radius 3 is 2.39 bits per heavy atom. The summed E-state index contributed by atoms with van der Waals surface area (Å²) in [5.41, 5.74) is 4.04. The molecule has 1 N–H and O–H groups in total. The van der Waals surface area contributed by atoms with E-state index in [1.165, 1.54) is 11.8 Å². The first-order valence-electron chi connectivity index (χ1n) is 9.53. The molecule has 0 unspecified atom stereocenters. The van der Waals surface area contributed by atoms with Gasteiger partial charge in [-0.1, -0.05) is 48.2 Å². The van der Waals surface area contributed by atoms with Crippen LogP contribution in [-0.2, 0) is 4.79 Å². The van der Waals surface area contributed by atoms with Gasteiger partial charge in [-0.2, -0.15) is 0 Å². The maximum atomic E-state index is 13.3. The van der Waals surface area contributed by atoms with E-state index >= 15 is 0 Å². The predicted octanol–water partition coefficient (Wildman–Crippen LogP) is 5.01. The fourth-order valence-corrected chi connectivity index (χ4v) is 4.60. The van der Waals surface area contributed by atoms with E-state index in [4.69, 9.17) is 0 Å². The molecule has 0 spiro atoms. The van der Waals surface area contributed by atoms with E-state index in [-0.39, 0.29) is 5.91 Å². The summed E-state index contributed by atoms with van der Waals surface area (Å²) >= 11 is 1.47. The van der Waals surface area contributed by atoms with Gasteiger partial charge in [0, 0.05) is 11.7 Å². The first kappa shape index (κ1) is 18.7. The van der Waals surface area contributed by atoms with Crippen molar-refractivity contribution in [2.75, 3.05) is 5.32 Å². The zero-order valence-electron chi connectivity index (χ0n) is 16.3. The Morgan fingerprint density at radius 1 is 1.07 bits per heavy atom. The van der Waals surface area contributed by atoms with Crippen LogP contribution in [-0.4, -0.2) is 20.7 Å². The maximum Gasteiger partial charge on any atom is 0.242 e. The molecule has 6 heteroatoms. The molecular formula is C22H24N4OS. The van der Waals surface area contributed by atoms with Gasteiger partial charge in [0.15, 0.2) is 5.16 Å². The lowest BCUT2D eigenvalue weighted by Gasteiger charge is -2.18. The summed E-state index contributed by atoms with van der Waals surface area (Å²) in [4.78, 5) is 13.3. The van der Waals surface area contributed by atoms with E-state index in [0.717, 1.165) is 46.2 Å². The first-order chi connectivity index (χ1) is 13.5. The van der Waals surface area contributed by atoms with Crippen LogP contribution >= 0.6 is 11.8 Å². The molecule has 1 heterocycles. The molecule has 2 aromatic carbocycles. The Balaban J connectivity index is 1.63. The second kappa shape index (κ2) is 7.80. The van der Waals surface area contributed by atoms with Gasteiger partial charge in [0.05, 0.1) is 0 Å². The second-order valence-electron chi connectivity index (χ2n) is 7.41. The second-order valence-corrected chi connectivity index (χ2v) is 8.48. The molecule has 5 nitrogen and oxygen atoms in total. The summed E-state index contributed by atoms with van der Waals surface area (Å²) in [5.74, 6) is 0.857. The standard InChI is InChI=1S/C22H24N4OS/c1-14-11-15(2)13-18(12-14)23-21(27)20(17-7-5-4-6-8-17)28-22-25-24-16(3)26(22)19-9-10-19/h4-8,11-13,19-20H,9-10H2,1-3H3,(H,23,27)/t20-/m1/s1. The van der Waals surface area contributed by atoms with Crippen molar-refractivity contribution < 1.29 is 4.79 Å². The Kier molecular flexibility index (Phi) is 5.22. The lowest BCUT2D eigenvalue weighted by Crippen LogP contribution is -2.19. The van der Waals surface area contributed by atoms with Crippen LogP contribution in [0, 0.1) is 20.8 Å². The minimum Gasteiger partial charge on any atom is -0.325 e. The van der Waals surface area contributed by atoms with Crippen molar-refractivity contribution in [1.29, 1.82) is 0 Å². The average Bonchev–Trinajstić information content (AvgIpc) is 3.42. The van der Waals surface area contributed by atoms with E-state index in [9.17, 15) is 4.79 Å². The molecule has 1 amide bonds. The number of thioether (sulfide) groups is 1. The Labute approximate surface area is 169 Å². The Morgan fingerprint density at radius 2 is 1.75 bits per heavy atom. The van der Waals surface area contributed by atoms with Crippen LogP contribution in [0.4, 0.5) is 5.69 Å². The molecule has 0 aliphatic heterocycles. The number of amides is 1. The van der Waals surface area contributed by atoms with E-state index in [0.29, 0.717) is 6.04 Å². The van der Waals surface area contributed by atoms with Crippen LogP contribution in [0.25, 0.3) is 0 Å². The molecule has 0 saturated heterocycles. The molecule has 0 radical (unpaired) electrons. The highest BCUT2D eigenvalue weighted by molar-refractivity contribution is 8.00. The first-order valence-corrected chi connectivity index (χ1v) is 10.4. The van der Waals surface area contributed by atoms with Gasteiger partial charge in [-0.15, -0.1) is 10.2 Å². The molecular weight excluding hydrogens is 368 g/mol. The number of nitrogens with zero attached hydrogens (tertiary/aromatic N) is 3. The topological polar surface area (TPSA) is 59.8 Å². The summed E-state index contributed by atoms with van der Waals surface area (Å²) in [6, 6.07) is 16.4. The highest BCUT2D eigenvalue weighted by Crippen LogP contribution is 2.42. The zero-order valence-corrected chi connectivity index (χ0v) is 17.2. The number of anilines is 1. The van der Waals surface area contributed by atoms with E-state index < -0.39 is 5.25 Å². The number of carbonyl (C=O) groups excluding carboxylic acids is 1. The molecule has 28 heavy (non-hydrogen) atoms. The lowest BCUT2D eigenvalue weighted by atomic mass is 10.1. The summed E-state index contributed by atoms with van der Waals surface area (Å²) in [7, 11) is 0. The predicted molar refractivity (Wildman–Crippen MR) is 113 cm³/mol. The number of hydrogen-bond acceptors (Lipinski definition) is 4. The molecule has 1 aliphatic rings. The van der Waals surface area contributed by atoms with Crippen molar-refractivity contribution >= 4 is 23.4 Å². The van der Waals surface area contributed by atoms with Crippen molar-refractivity contribution in [2.45, 2.75) is 50.1 Å². The molecule has 1 aliphatic carbocycles. The number of nitrogens with one attached hydrogen (secondary N) is 1. The fraction of sp³-hybridized carbons (Fsp3) is 0.318. The van der Waals surface area contributed by atoms with Gasteiger partial charge in [0.2, 0.25) is 5.91 Å². The van der Waals surface area contributed by atoms with Gasteiger partial charge >= 0.3 is 0 Å². The van der Waals surface area contributed by atoms with Gasteiger partial charge in [0.25, 0.3) is 0 Å². The van der Waals surface area contributed by atoms with Crippen molar-refractivity contribution in [1.82, 2.24) is 14.8 Å². The largest absolute Gasteiger partial charge is 0.325 e. The number of rotatable bonds is 6. The van der Waals surface area contributed by atoms with Gasteiger partial charge in [-0.05, 0) is 62.4 Å². The van der Waals surface area contributed by atoms with Crippen molar-refractivity contribution in [3.63, 3.8) is 0 Å². The van der Waals surface area contributed by atoms with Crippen LogP contribution in [0.15, 0.2) is 53.7 Å². The smallest absolute Gasteiger partial charge is 0.242 e. The summed E-state index contributed by atoms with van der Waals surface area (Å²) in [6.07, 6.45) is 2.30. The number of hydrogen-bond donors (Lipinski definition) is 1. The monoisotopic (exact) mass is 392 g/mol. The highest BCUT2D eigenvalue weighted by Gasteiger charge is 2.31. The van der Waals surface area contributed by atoms with Gasteiger partial charge in [0.1, 0.15) is 11.1 Å². The highest BCUT2D eigenvalue weighted by atomic mass is 32.2. The van der Waals surface area contributed by atoms with Crippen LogP contribution in [0.5, 0.6) is 0 Å². The molecule has 144 valence electrons. The van der Waals surface area contributed by atoms with Crippen molar-refractivity contribution in [3.05, 3.63) is 71.0 Å². The summed E-state index contributed by atoms with van der Waals surface area (Å²) in [6.45, 7) is 6.04. The molecule has 1 aromatic heterocycles. The number of benzene rings is 2. The van der Waals surface area contributed by atoms with Gasteiger partial charge < -0.3 is 9.88 Å². The van der Waals surface area contributed by atoms with Crippen molar-refractivity contribution in [3.8, 4) is 0 Å². The SMILES string of the molecule is Cc1cc(C)cc(NC(=O)[C@H](Sc2nnc(C)n2C2CC2)c2ccccc2)c1. The zero-order chi connectivity index (χ0) is 19.7. The third-order valence-corrected chi connectivity index (χ3v) is 6.01.